The average molecular weight is 334 g/mol. The summed E-state index contributed by atoms with van der Waals surface area (Å²) in [6, 6.07) is 7.85. The minimum atomic E-state index is -0.996. The van der Waals surface area contributed by atoms with E-state index >= 15 is 0 Å². The Hall–Kier alpha value is -2.41. The lowest BCUT2D eigenvalue weighted by Crippen LogP contribution is -2.50. The van der Waals surface area contributed by atoms with Crippen LogP contribution in [0.15, 0.2) is 30.3 Å². The van der Waals surface area contributed by atoms with Crippen molar-refractivity contribution in [2.24, 2.45) is 0 Å². The zero-order valence-electron chi connectivity index (χ0n) is 13.5. The van der Waals surface area contributed by atoms with Gasteiger partial charge in [-0.05, 0) is 18.9 Å². The Morgan fingerprint density at radius 3 is 2.71 bits per heavy atom. The topological polar surface area (TPSA) is 105 Å². The van der Waals surface area contributed by atoms with E-state index in [0.717, 1.165) is 5.56 Å². The Kier molecular flexibility index (Phi) is 6.31. The van der Waals surface area contributed by atoms with E-state index in [1.165, 1.54) is 0 Å². The first-order valence-corrected chi connectivity index (χ1v) is 7.97. The van der Waals surface area contributed by atoms with Gasteiger partial charge in [-0.2, -0.15) is 0 Å². The molecule has 0 aromatic heterocycles. The minimum Gasteiger partial charge on any atom is -0.481 e. The summed E-state index contributed by atoms with van der Waals surface area (Å²) in [4.78, 5) is 34.8. The summed E-state index contributed by atoms with van der Waals surface area (Å²) in [7, 11) is 0. The van der Waals surface area contributed by atoms with Gasteiger partial charge in [-0.3, -0.25) is 19.7 Å². The van der Waals surface area contributed by atoms with Crippen molar-refractivity contribution in [3.8, 4) is 0 Å². The van der Waals surface area contributed by atoms with Crippen LogP contribution >= 0.6 is 0 Å². The molecule has 1 saturated heterocycles. The molecule has 0 aliphatic carbocycles. The van der Waals surface area contributed by atoms with Crippen molar-refractivity contribution in [2.45, 2.75) is 44.3 Å². The van der Waals surface area contributed by atoms with Crippen LogP contribution in [-0.2, 0) is 25.5 Å². The van der Waals surface area contributed by atoms with Gasteiger partial charge in [-0.1, -0.05) is 30.3 Å². The first-order chi connectivity index (χ1) is 11.5. The zero-order chi connectivity index (χ0) is 17.5. The molecule has 1 aliphatic heterocycles. The van der Waals surface area contributed by atoms with Crippen LogP contribution in [0.25, 0.3) is 0 Å². The quantitative estimate of drug-likeness (QED) is 0.597. The maximum Gasteiger partial charge on any atom is 0.323 e. The van der Waals surface area contributed by atoms with Gasteiger partial charge in [0.2, 0.25) is 5.91 Å². The van der Waals surface area contributed by atoms with E-state index in [9.17, 15) is 14.4 Å². The van der Waals surface area contributed by atoms with Crippen LogP contribution in [0.3, 0.4) is 0 Å². The molecule has 3 N–H and O–H groups in total. The molecule has 1 aliphatic rings. The number of carboxylic acid groups (broad SMARTS) is 1. The smallest absolute Gasteiger partial charge is 0.323 e. The van der Waals surface area contributed by atoms with Crippen molar-refractivity contribution in [3.63, 3.8) is 0 Å². The monoisotopic (exact) mass is 334 g/mol. The molecule has 0 bridgehead atoms. The van der Waals surface area contributed by atoms with Gasteiger partial charge in [0.25, 0.3) is 0 Å². The molecule has 0 saturated carbocycles. The standard InChI is InChI=1S/C17H22N2O5/c1-2-24-17(23)14(8-11-6-4-3-5-7-11)18-12-9-15(20)19-13(12)10-16(21)22/h3-7,12-14,18H,2,8-10H2,1H3,(H,19,20)(H,21,22)/t12-,13+,14-/m0/s1. The van der Waals surface area contributed by atoms with E-state index in [1.807, 2.05) is 30.3 Å². The molecule has 1 amide bonds. The predicted molar refractivity (Wildman–Crippen MR) is 86.3 cm³/mol. The Morgan fingerprint density at radius 2 is 2.08 bits per heavy atom. The third kappa shape index (κ3) is 5.06. The predicted octanol–water partition coefficient (Wildman–Crippen LogP) is 0.482. The minimum absolute atomic E-state index is 0.142. The molecular formula is C17H22N2O5. The molecule has 7 nitrogen and oxygen atoms in total. The summed E-state index contributed by atoms with van der Waals surface area (Å²) in [5.74, 6) is -1.62. The lowest BCUT2D eigenvalue weighted by Gasteiger charge is -2.24. The number of rotatable bonds is 8. The Morgan fingerprint density at radius 1 is 1.38 bits per heavy atom. The molecule has 7 heteroatoms. The highest BCUT2D eigenvalue weighted by atomic mass is 16.5. The van der Waals surface area contributed by atoms with Gasteiger partial charge < -0.3 is 15.2 Å². The number of ether oxygens (including phenoxy) is 1. The fourth-order valence-electron chi connectivity index (χ4n) is 2.83. The number of nitrogens with one attached hydrogen (secondary N) is 2. The Labute approximate surface area is 140 Å². The molecular weight excluding hydrogens is 312 g/mol. The molecule has 0 unspecified atom stereocenters. The largest absolute Gasteiger partial charge is 0.481 e. The van der Waals surface area contributed by atoms with E-state index in [0.29, 0.717) is 6.42 Å². The number of esters is 1. The molecule has 1 heterocycles. The number of carboxylic acids is 1. The van der Waals surface area contributed by atoms with Gasteiger partial charge in [-0.15, -0.1) is 0 Å². The number of carbonyl (C=O) groups excluding carboxylic acids is 2. The van der Waals surface area contributed by atoms with Gasteiger partial charge >= 0.3 is 11.9 Å². The first kappa shape index (κ1) is 17.9. The maximum atomic E-state index is 12.2. The van der Waals surface area contributed by atoms with Crippen LogP contribution in [0.1, 0.15) is 25.3 Å². The van der Waals surface area contributed by atoms with Gasteiger partial charge in [0.15, 0.2) is 0 Å². The second-order valence-electron chi connectivity index (χ2n) is 5.74. The first-order valence-electron chi connectivity index (χ1n) is 7.97. The number of carbonyl (C=O) groups is 3. The van der Waals surface area contributed by atoms with Crippen LogP contribution in [0.4, 0.5) is 0 Å². The summed E-state index contributed by atoms with van der Waals surface area (Å²) in [6.07, 6.45) is 0.358. The highest BCUT2D eigenvalue weighted by Crippen LogP contribution is 2.15. The molecule has 1 aromatic rings. The highest BCUT2D eigenvalue weighted by molar-refractivity contribution is 5.82. The molecule has 0 radical (unpaired) electrons. The lowest BCUT2D eigenvalue weighted by atomic mass is 10.0. The Balaban J connectivity index is 2.09. The van der Waals surface area contributed by atoms with Crippen molar-refractivity contribution in [1.29, 1.82) is 0 Å². The summed E-state index contributed by atoms with van der Waals surface area (Å²) < 4.78 is 5.11. The van der Waals surface area contributed by atoms with Crippen LogP contribution in [-0.4, -0.2) is 47.7 Å². The van der Waals surface area contributed by atoms with Crippen LogP contribution in [0.2, 0.25) is 0 Å². The molecule has 1 aromatic carbocycles. The summed E-state index contributed by atoms with van der Waals surface area (Å²) >= 11 is 0. The van der Waals surface area contributed by atoms with E-state index < -0.39 is 30.1 Å². The van der Waals surface area contributed by atoms with Gasteiger partial charge in [0.05, 0.1) is 19.1 Å². The lowest BCUT2D eigenvalue weighted by molar-refractivity contribution is -0.146. The number of hydrogen-bond acceptors (Lipinski definition) is 5. The van der Waals surface area contributed by atoms with Crippen molar-refractivity contribution < 1.29 is 24.2 Å². The molecule has 3 atom stereocenters. The van der Waals surface area contributed by atoms with E-state index in [4.69, 9.17) is 9.84 Å². The number of aliphatic carboxylic acids is 1. The van der Waals surface area contributed by atoms with Crippen LogP contribution < -0.4 is 10.6 Å². The van der Waals surface area contributed by atoms with Crippen molar-refractivity contribution in [1.82, 2.24) is 10.6 Å². The Bertz CT molecular complexity index is 590. The third-order valence-corrected chi connectivity index (χ3v) is 3.90. The normalized spacial score (nSPS) is 21.1. The summed E-state index contributed by atoms with van der Waals surface area (Å²) in [5, 5.41) is 14.7. The second kappa shape index (κ2) is 8.44. The van der Waals surface area contributed by atoms with Crippen molar-refractivity contribution >= 4 is 17.8 Å². The van der Waals surface area contributed by atoms with Gasteiger partial charge in [0, 0.05) is 12.5 Å². The van der Waals surface area contributed by atoms with Crippen molar-refractivity contribution in [2.75, 3.05) is 6.61 Å². The maximum absolute atomic E-state index is 12.2. The highest BCUT2D eigenvalue weighted by Gasteiger charge is 2.36. The van der Waals surface area contributed by atoms with Crippen molar-refractivity contribution in [3.05, 3.63) is 35.9 Å². The summed E-state index contributed by atoms with van der Waals surface area (Å²) in [6.45, 7) is 1.98. The SMILES string of the molecule is CCOC(=O)[C@H](Cc1ccccc1)N[C@H]1CC(=O)N[C@@H]1CC(=O)O. The van der Waals surface area contributed by atoms with E-state index in [-0.39, 0.29) is 25.4 Å². The molecule has 1 fully saturated rings. The fourth-order valence-corrected chi connectivity index (χ4v) is 2.83. The van der Waals surface area contributed by atoms with E-state index in [2.05, 4.69) is 10.6 Å². The third-order valence-electron chi connectivity index (χ3n) is 3.90. The van der Waals surface area contributed by atoms with Gasteiger partial charge in [0.1, 0.15) is 6.04 Å². The molecule has 0 spiro atoms. The molecule has 24 heavy (non-hydrogen) atoms. The van der Waals surface area contributed by atoms with Gasteiger partial charge in [-0.25, -0.2) is 0 Å². The zero-order valence-corrected chi connectivity index (χ0v) is 13.5. The number of hydrogen-bond donors (Lipinski definition) is 3. The molecule has 130 valence electrons. The fraction of sp³-hybridized carbons (Fsp3) is 0.471. The molecule has 2 rings (SSSR count). The average Bonchev–Trinajstić information content (AvgIpc) is 2.86. The van der Waals surface area contributed by atoms with Crippen LogP contribution in [0.5, 0.6) is 0 Å². The summed E-state index contributed by atoms with van der Waals surface area (Å²) in [5.41, 5.74) is 0.954. The van der Waals surface area contributed by atoms with Crippen LogP contribution in [0, 0.1) is 0 Å². The van der Waals surface area contributed by atoms with E-state index in [1.54, 1.807) is 6.92 Å². The number of benzene rings is 1. The number of amides is 1. The second-order valence-corrected chi connectivity index (χ2v) is 5.74.